The lowest BCUT2D eigenvalue weighted by Crippen LogP contribution is -2.26. The second kappa shape index (κ2) is 6.44. The van der Waals surface area contributed by atoms with Crippen LogP contribution < -0.4 is 0 Å². The van der Waals surface area contributed by atoms with Gasteiger partial charge in [0.1, 0.15) is 0 Å². The van der Waals surface area contributed by atoms with E-state index in [-0.39, 0.29) is 5.91 Å². The smallest absolute Gasteiger partial charge is 0.255 e. The lowest BCUT2D eigenvalue weighted by Gasteiger charge is -2.16. The van der Waals surface area contributed by atoms with Crippen molar-refractivity contribution in [1.29, 1.82) is 0 Å². The van der Waals surface area contributed by atoms with E-state index in [0.717, 1.165) is 34.4 Å². The predicted molar refractivity (Wildman–Crippen MR) is 96.6 cm³/mol. The first kappa shape index (κ1) is 16.0. The molecule has 0 aliphatic heterocycles. The second-order valence-corrected chi connectivity index (χ2v) is 7.51. The summed E-state index contributed by atoms with van der Waals surface area (Å²) >= 11 is 1.60. The number of aromatic nitrogens is 2. The quantitative estimate of drug-likeness (QED) is 0.688. The average Bonchev–Trinajstić information content (AvgIpc) is 3.25. The normalized spacial score (nSPS) is 13.8. The molecule has 0 atom stereocenters. The first-order valence-electron chi connectivity index (χ1n) is 8.35. The molecule has 0 spiro atoms. The van der Waals surface area contributed by atoms with Crippen LogP contribution in [0, 0.1) is 6.92 Å². The van der Waals surface area contributed by atoms with E-state index in [1.54, 1.807) is 23.3 Å². The summed E-state index contributed by atoms with van der Waals surface area (Å²) in [6.45, 7) is 2.39. The Morgan fingerprint density at radius 3 is 2.80 bits per heavy atom. The maximum absolute atomic E-state index is 13.0. The fourth-order valence-electron chi connectivity index (χ4n) is 2.89. The Labute approximate surface area is 150 Å². The molecule has 1 amide bonds. The lowest BCUT2D eigenvalue weighted by molar-refractivity contribution is 0.0782. The number of rotatable bonds is 5. The topological polar surface area (TPSA) is 59.2 Å². The molecular formula is C19H19N3O2S. The van der Waals surface area contributed by atoms with Crippen molar-refractivity contribution < 1.29 is 9.32 Å². The van der Waals surface area contributed by atoms with Crippen molar-refractivity contribution in [2.24, 2.45) is 0 Å². The van der Waals surface area contributed by atoms with Gasteiger partial charge in [-0.2, -0.15) is 4.98 Å². The highest BCUT2D eigenvalue weighted by atomic mass is 32.1. The van der Waals surface area contributed by atoms with E-state index in [2.05, 4.69) is 10.1 Å². The molecule has 0 bridgehead atoms. The molecule has 128 valence electrons. The monoisotopic (exact) mass is 353 g/mol. The minimum atomic E-state index is -0.0269. The van der Waals surface area contributed by atoms with E-state index >= 15 is 0 Å². The summed E-state index contributed by atoms with van der Waals surface area (Å²) in [7, 11) is 1.78. The number of aryl methyl sites for hydroxylation is 1. The molecule has 2 heterocycles. The molecule has 0 saturated heterocycles. The zero-order chi connectivity index (χ0) is 17.4. The largest absolute Gasteiger partial charge is 0.339 e. The Hall–Kier alpha value is -2.47. The molecular weight excluding hydrogens is 334 g/mol. The highest BCUT2D eigenvalue weighted by molar-refractivity contribution is 7.10. The molecule has 0 N–H and O–H groups in total. The van der Waals surface area contributed by atoms with Gasteiger partial charge in [-0.05, 0) is 25.3 Å². The van der Waals surface area contributed by atoms with Crippen LogP contribution in [-0.2, 0) is 6.54 Å². The van der Waals surface area contributed by atoms with Crippen molar-refractivity contribution in [3.63, 3.8) is 0 Å². The number of hydrogen-bond donors (Lipinski definition) is 0. The number of carbonyl (C=O) groups is 1. The average molecular weight is 353 g/mol. The molecule has 1 aromatic carbocycles. The summed E-state index contributed by atoms with van der Waals surface area (Å²) in [4.78, 5) is 20.1. The van der Waals surface area contributed by atoms with Gasteiger partial charge >= 0.3 is 0 Å². The van der Waals surface area contributed by atoms with Crippen molar-refractivity contribution in [3.8, 4) is 11.1 Å². The maximum Gasteiger partial charge on any atom is 0.255 e. The van der Waals surface area contributed by atoms with Gasteiger partial charge < -0.3 is 9.42 Å². The van der Waals surface area contributed by atoms with Crippen LogP contribution in [0.1, 0.15) is 45.7 Å². The van der Waals surface area contributed by atoms with Gasteiger partial charge in [-0.15, -0.1) is 11.3 Å². The fraction of sp³-hybridized carbons (Fsp3) is 0.316. The number of amides is 1. The minimum Gasteiger partial charge on any atom is -0.339 e. The molecule has 1 fully saturated rings. The van der Waals surface area contributed by atoms with Gasteiger partial charge in [-0.1, -0.05) is 35.5 Å². The molecule has 4 rings (SSSR count). The number of benzene rings is 1. The highest BCUT2D eigenvalue weighted by Gasteiger charge is 2.30. The van der Waals surface area contributed by atoms with Gasteiger partial charge in [-0.3, -0.25) is 4.79 Å². The number of thiophene rings is 1. The molecule has 1 saturated carbocycles. The Kier molecular flexibility index (Phi) is 4.13. The Morgan fingerprint density at radius 2 is 2.08 bits per heavy atom. The van der Waals surface area contributed by atoms with Crippen LogP contribution in [0.4, 0.5) is 0 Å². The Balaban J connectivity index is 1.56. The van der Waals surface area contributed by atoms with Crippen LogP contribution in [0.2, 0.25) is 0 Å². The van der Waals surface area contributed by atoms with E-state index in [0.29, 0.717) is 24.2 Å². The second-order valence-electron chi connectivity index (χ2n) is 6.43. The van der Waals surface area contributed by atoms with E-state index < -0.39 is 0 Å². The number of hydrogen-bond acceptors (Lipinski definition) is 5. The molecule has 25 heavy (non-hydrogen) atoms. The van der Waals surface area contributed by atoms with Gasteiger partial charge in [0.25, 0.3) is 5.91 Å². The summed E-state index contributed by atoms with van der Waals surface area (Å²) in [5.74, 6) is 1.66. The number of nitrogens with zero attached hydrogens (tertiary/aromatic N) is 3. The summed E-state index contributed by atoms with van der Waals surface area (Å²) in [6, 6.07) is 10.0. The summed E-state index contributed by atoms with van der Waals surface area (Å²) in [6.07, 6.45) is 2.23. The van der Waals surface area contributed by atoms with Crippen LogP contribution in [-0.4, -0.2) is 28.0 Å². The van der Waals surface area contributed by atoms with Crippen molar-refractivity contribution in [2.75, 3.05) is 7.05 Å². The fourth-order valence-corrected chi connectivity index (χ4v) is 3.75. The standard InChI is InChI=1S/C19H19N3O2S/c1-12-17(13-6-4-3-5-7-13)15(11-25-12)19(23)22(2)10-16-20-18(24-21-16)14-8-9-14/h3-7,11,14H,8-10H2,1-2H3. The first-order chi connectivity index (χ1) is 12.1. The van der Waals surface area contributed by atoms with Gasteiger partial charge in [0, 0.05) is 28.8 Å². The van der Waals surface area contributed by atoms with Crippen LogP contribution in [0.3, 0.4) is 0 Å². The third-order valence-electron chi connectivity index (χ3n) is 4.40. The van der Waals surface area contributed by atoms with Gasteiger partial charge in [0.2, 0.25) is 5.89 Å². The molecule has 6 heteroatoms. The zero-order valence-corrected chi connectivity index (χ0v) is 15.0. The SMILES string of the molecule is Cc1scc(C(=O)N(C)Cc2noc(C3CC3)n2)c1-c1ccccc1. The minimum absolute atomic E-state index is 0.0269. The van der Waals surface area contributed by atoms with Gasteiger partial charge in [0.15, 0.2) is 5.82 Å². The zero-order valence-electron chi connectivity index (χ0n) is 14.2. The molecule has 5 nitrogen and oxygen atoms in total. The molecule has 1 aliphatic rings. The van der Waals surface area contributed by atoms with E-state index in [1.807, 2.05) is 42.6 Å². The third-order valence-corrected chi connectivity index (χ3v) is 5.31. The van der Waals surface area contributed by atoms with Crippen molar-refractivity contribution in [3.05, 3.63) is 57.9 Å². The summed E-state index contributed by atoms with van der Waals surface area (Å²) in [5.41, 5.74) is 2.80. The highest BCUT2D eigenvalue weighted by Crippen LogP contribution is 2.39. The molecule has 2 aromatic heterocycles. The van der Waals surface area contributed by atoms with Crippen LogP contribution in [0.25, 0.3) is 11.1 Å². The molecule has 3 aromatic rings. The Morgan fingerprint density at radius 1 is 1.32 bits per heavy atom. The van der Waals surface area contributed by atoms with E-state index in [4.69, 9.17) is 4.52 Å². The Bertz CT molecular complexity index is 897. The van der Waals surface area contributed by atoms with Gasteiger partial charge in [-0.25, -0.2) is 0 Å². The third kappa shape index (κ3) is 3.22. The van der Waals surface area contributed by atoms with E-state index in [9.17, 15) is 4.79 Å². The summed E-state index contributed by atoms with van der Waals surface area (Å²) < 4.78 is 5.28. The molecule has 0 radical (unpaired) electrons. The molecule has 0 unspecified atom stereocenters. The van der Waals surface area contributed by atoms with Crippen LogP contribution in [0.15, 0.2) is 40.2 Å². The molecule has 1 aliphatic carbocycles. The van der Waals surface area contributed by atoms with Gasteiger partial charge in [0.05, 0.1) is 12.1 Å². The van der Waals surface area contributed by atoms with Crippen molar-refractivity contribution in [2.45, 2.75) is 32.2 Å². The maximum atomic E-state index is 13.0. The van der Waals surface area contributed by atoms with E-state index in [1.165, 1.54) is 0 Å². The van der Waals surface area contributed by atoms with Crippen LogP contribution in [0.5, 0.6) is 0 Å². The van der Waals surface area contributed by atoms with Crippen LogP contribution >= 0.6 is 11.3 Å². The van der Waals surface area contributed by atoms with Crippen molar-refractivity contribution >= 4 is 17.2 Å². The summed E-state index contributed by atoms with van der Waals surface area (Å²) in [5, 5.41) is 5.93. The first-order valence-corrected chi connectivity index (χ1v) is 9.23. The van der Waals surface area contributed by atoms with Crippen molar-refractivity contribution in [1.82, 2.24) is 15.0 Å². The lowest BCUT2D eigenvalue weighted by atomic mass is 10.0. The predicted octanol–water partition coefficient (Wildman–Crippen LogP) is 4.26. The number of carbonyl (C=O) groups excluding carboxylic acids is 1.